The summed E-state index contributed by atoms with van der Waals surface area (Å²) >= 11 is 0. The van der Waals surface area contributed by atoms with Crippen molar-refractivity contribution in [3.05, 3.63) is 35.9 Å². The summed E-state index contributed by atoms with van der Waals surface area (Å²) in [5.74, 6) is -1.88. The Kier molecular flexibility index (Phi) is 6.93. The second kappa shape index (κ2) is 9.17. The number of benzene rings is 1. The molecular formula is C18H23NO5. The SMILES string of the molecule is O=C(CCC(=O)c1ccccc1)NCC(C(=O)O)C1CCOCC1. The molecule has 0 aromatic heterocycles. The molecule has 1 fully saturated rings. The van der Waals surface area contributed by atoms with Crippen LogP contribution in [0.25, 0.3) is 0 Å². The first-order chi connectivity index (χ1) is 11.6. The standard InChI is InChI=1S/C18H23NO5/c20-16(14-4-2-1-3-5-14)6-7-17(21)19-12-15(18(22)23)13-8-10-24-11-9-13/h1-5,13,15H,6-12H2,(H,19,21)(H,22,23). The molecule has 130 valence electrons. The van der Waals surface area contributed by atoms with Crippen molar-refractivity contribution in [3.8, 4) is 0 Å². The highest BCUT2D eigenvalue weighted by atomic mass is 16.5. The van der Waals surface area contributed by atoms with E-state index in [0.29, 0.717) is 31.6 Å². The number of hydrogen-bond donors (Lipinski definition) is 2. The van der Waals surface area contributed by atoms with E-state index < -0.39 is 11.9 Å². The quantitative estimate of drug-likeness (QED) is 0.709. The topological polar surface area (TPSA) is 92.7 Å². The van der Waals surface area contributed by atoms with Crippen molar-refractivity contribution in [2.24, 2.45) is 11.8 Å². The lowest BCUT2D eigenvalue weighted by molar-refractivity contribution is -0.145. The molecule has 0 radical (unpaired) electrons. The number of ketones is 1. The van der Waals surface area contributed by atoms with Gasteiger partial charge in [0, 0.05) is 38.2 Å². The van der Waals surface area contributed by atoms with E-state index in [-0.39, 0.29) is 37.0 Å². The summed E-state index contributed by atoms with van der Waals surface area (Å²) in [5, 5.41) is 12.0. The van der Waals surface area contributed by atoms with E-state index in [1.165, 1.54) is 0 Å². The molecule has 2 N–H and O–H groups in total. The minimum absolute atomic E-state index is 0.0162. The maximum absolute atomic E-state index is 12.0. The predicted octanol–water partition coefficient (Wildman–Crippen LogP) is 1.89. The lowest BCUT2D eigenvalue weighted by atomic mass is 9.86. The van der Waals surface area contributed by atoms with Crippen LogP contribution in [-0.2, 0) is 14.3 Å². The minimum atomic E-state index is -0.900. The van der Waals surface area contributed by atoms with Gasteiger partial charge < -0.3 is 15.2 Å². The van der Waals surface area contributed by atoms with Gasteiger partial charge in [-0.15, -0.1) is 0 Å². The second-order valence-electron chi connectivity index (χ2n) is 5.99. The molecule has 1 saturated heterocycles. The molecule has 2 rings (SSSR count). The molecule has 24 heavy (non-hydrogen) atoms. The smallest absolute Gasteiger partial charge is 0.308 e. The number of rotatable bonds is 8. The average Bonchev–Trinajstić information content (AvgIpc) is 2.61. The second-order valence-corrected chi connectivity index (χ2v) is 5.99. The van der Waals surface area contributed by atoms with E-state index in [2.05, 4.69) is 5.32 Å². The molecule has 1 aliphatic heterocycles. The molecule has 1 aromatic carbocycles. The molecule has 1 unspecified atom stereocenters. The Morgan fingerprint density at radius 2 is 1.79 bits per heavy atom. The molecular weight excluding hydrogens is 310 g/mol. The number of ether oxygens (including phenoxy) is 1. The number of hydrogen-bond acceptors (Lipinski definition) is 4. The number of aliphatic carboxylic acids is 1. The molecule has 0 bridgehead atoms. The van der Waals surface area contributed by atoms with Crippen molar-refractivity contribution < 1.29 is 24.2 Å². The first-order valence-electron chi connectivity index (χ1n) is 8.23. The third-order valence-electron chi connectivity index (χ3n) is 4.35. The zero-order chi connectivity index (χ0) is 17.4. The van der Waals surface area contributed by atoms with Gasteiger partial charge in [-0.05, 0) is 18.8 Å². The fourth-order valence-electron chi connectivity index (χ4n) is 2.88. The number of nitrogens with one attached hydrogen (secondary N) is 1. The third-order valence-corrected chi connectivity index (χ3v) is 4.35. The van der Waals surface area contributed by atoms with E-state index >= 15 is 0 Å². The van der Waals surface area contributed by atoms with E-state index in [9.17, 15) is 19.5 Å². The highest BCUT2D eigenvalue weighted by molar-refractivity contribution is 5.97. The summed E-state index contributed by atoms with van der Waals surface area (Å²) < 4.78 is 5.24. The van der Waals surface area contributed by atoms with Crippen LogP contribution in [0.5, 0.6) is 0 Å². The Bertz CT molecular complexity index is 566. The summed E-state index contributed by atoms with van der Waals surface area (Å²) in [5.41, 5.74) is 0.580. The summed E-state index contributed by atoms with van der Waals surface area (Å²) in [6, 6.07) is 8.81. The van der Waals surface area contributed by atoms with Crippen LogP contribution in [0.4, 0.5) is 0 Å². The molecule has 6 nitrogen and oxygen atoms in total. The van der Waals surface area contributed by atoms with Crippen LogP contribution in [0.2, 0.25) is 0 Å². The molecule has 1 amide bonds. The molecule has 1 atom stereocenters. The van der Waals surface area contributed by atoms with Crippen molar-refractivity contribution in [3.63, 3.8) is 0 Å². The van der Waals surface area contributed by atoms with Crippen molar-refractivity contribution in [1.29, 1.82) is 0 Å². The zero-order valence-electron chi connectivity index (χ0n) is 13.6. The number of carboxylic acids is 1. The van der Waals surface area contributed by atoms with Gasteiger partial charge in [-0.3, -0.25) is 14.4 Å². The summed E-state index contributed by atoms with van der Waals surface area (Å²) in [4.78, 5) is 35.3. The Morgan fingerprint density at radius 3 is 2.42 bits per heavy atom. The lowest BCUT2D eigenvalue weighted by Crippen LogP contribution is -2.39. The van der Waals surface area contributed by atoms with Crippen molar-refractivity contribution in [2.45, 2.75) is 25.7 Å². The van der Waals surface area contributed by atoms with Crippen LogP contribution in [0.15, 0.2) is 30.3 Å². The van der Waals surface area contributed by atoms with Gasteiger partial charge in [-0.2, -0.15) is 0 Å². The van der Waals surface area contributed by atoms with Crippen LogP contribution in [0, 0.1) is 11.8 Å². The maximum atomic E-state index is 12.0. The van der Waals surface area contributed by atoms with Gasteiger partial charge in [-0.1, -0.05) is 30.3 Å². The Morgan fingerprint density at radius 1 is 1.12 bits per heavy atom. The summed E-state index contributed by atoms with van der Waals surface area (Å²) in [6.07, 6.45) is 1.57. The Balaban J connectivity index is 1.76. The van der Waals surface area contributed by atoms with Gasteiger partial charge in [0.25, 0.3) is 0 Å². The molecule has 6 heteroatoms. The molecule has 0 aliphatic carbocycles. The number of Topliss-reactive ketones (excluding diaryl/α,β-unsaturated/α-hetero) is 1. The van der Waals surface area contributed by atoms with Crippen LogP contribution in [-0.4, -0.2) is 42.5 Å². The molecule has 1 aromatic rings. The van der Waals surface area contributed by atoms with Gasteiger partial charge >= 0.3 is 5.97 Å². The monoisotopic (exact) mass is 333 g/mol. The van der Waals surface area contributed by atoms with Gasteiger partial charge in [0.1, 0.15) is 0 Å². The van der Waals surface area contributed by atoms with Gasteiger partial charge in [0.15, 0.2) is 5.78 Å². The van der Waals surface area contributed by atoms with E-state index in [1.54, 1.807) is 24.3 Å². The van der Waals surface area contributed by atoms with Crippen LogP contribution >= 0.6 is 0 Å². The van der Waals surface area contributed by atoms with Crippen molar-refractivity contribution >= 4 is 17.7 Å². The number of amides is 1. The molecule has 1 heterocycles. The molecule has 1 aliphatic rings. The minimum Gasteiger partial charge on any atom is -0.481 e. The Hall–Kier alpha value is -2.21. The van der Waals surface area contributed by atoms with Crippen LogP contribution < -0.4 is 5.32 Å². The van der Waals surface area contributed by atoms with E-state index in [4.69, 9.17) is 4.74 Å². The normalized spacial score (nSPS) is 16.3. The summed E-state index contributed by atoms with van der Waals surface area (Å²) in [6.45, 7) is 1.22. The highest BCUT2D eigenvalue weighted by Crippen LogP contribution is 2.23. The fraction of sp³-hybridized carbons (Fsp3) is 0.500. The van der Waals surface area contributed by atoms with Gasteiger partial charge in [-0.25, -0.2) is 0 Å². The van der Waals surface area contributed by atoms with Crippen molar-refractivity contribution in [1.82, 2.24) is 5.32 Å². The van der Waals surface area contributed by atoms with Gasteiger partial charge in [0.2, 0.25) is 5.91 Å². The molecule has 0 spiro atoms. The number of carboxylic acid groups (broad SMARTS) is 1. The first-order valence-corrected chi connectivity index (χ1v) is 8.23. The average molecular weight is 333 g/mol. The maximum Gasteiger partial charge on any atom is 0.308 e. The number of carbonyl (C=O) groups excluding carboxylic acids is 2. The first kappa shape index (κ1) is 18.1. The van der Waals surface area contributed by atoms with E-state index in [0.717, 1.165) is 0 Å². The van der Waals surface area contributed by atoms with Crippen LogP contribution in [0.3, 0.4) is 0 Å². The zero-order valence-corrected chi connectivity index (χ0v) is 13.6. The third kappa shape index (κ3) is 5.45. The lowest BCUT2D eigenvalue weighted by Gasteiger charge is -2.27. The molecule has 0 saturated carbocycles. The fourth-order valence-corrected chi connectivity index (χ4v) is 2.88. The van der Waals surface area contributed by atoms with E-state index in [1.807, 2.05) is 6.07 Å². The largest absolute Gasteiger partial charge is 0.481 e. The predicted molar refractivity (Wildman–Crippen MR) is 87.7 cm³/mol. The van der Waals surface area contributed by atoms with Crippen molar-refractivity contribution in [2.75, 3.05) is 19.8 Å². The summed E-state index contributed by atoms with van der Waals surface area (Å²) in [7, 11) is 0. The number of carbonyl (C=O) groups is 3. The van der Waals surface area contributed by atoms with Crippen LogP contribution in [0.1, 0.15) is 36.0 Å². The highest BCUT2D eigenvalue weighted by Gasteiger charge is 2.29. The Labute approximate surface area is 141 Å². The van der Waals surface area contributed by atoms with Gasteiger partial charge in [0.05, 0.1) is 5.92 Å².